The van der Waals surface area contributed by atoms with Crippen LogP contribution in [0.2, 0.25) is 0 Å². The summed E-state index contributed by atoms with van der Waals surface area (Å²) in [4.78, 5) is 0. The maximum Gasteiger partial charge on any atom is 0.139 e. The molecule has 1 aliphatic heterocycles. The molecule has 0 radical (unpaired) electrons. The minimum absolute atomic E-state index is 0.384. The minimum atomic E-state index is 0.384. The van der Waals surface area contributed by atoms with E-state index < -0.39 is 0 Å². The maximum atomic E-state index is 5.18. The molecule has 2 atom stereocenters. The molecule has 1 fully saturated rings. The van der Waals surface area contributed by atoms with Gasteiger partial charge in [-0.3, -0.25) is 0 Å². The van der Waals surface area contributed by atoms with Crippen molar-refractivity contribution >= 4 is 15.9 Å². The smallest absolute Gasteiger partial charge is 0.139 e. The average molecular weight is 193 g/mol. The molecule has 1 rings (SSSR count). The van der Waals surface area contributed by atoms with Gasteiger partial charge in [0.25, 0.3) is 0 Å². The summed E-state index contributed by atoms with van der Waals surface area (Å²) in [6, 6.07) is 0. The van der Waals surface area contributed by atoms with E-state index in [1.807, 2.05) is 0 Å². The largest absolute Gasteiger partial charge is 0.357 e. The van der Waals surface area contributed by atoms with Crippen LogP contribution in [0, 0.1) is 0 Å². The Kier molecular flexibility index (Phi) is 2.99. The van der Waals surface area contributed by atoms with Crippen molar-refractivity contribution in [2.45, 2.75) is 43.7 Å². The highest BCUT2D eigenvalue weighted by Gasteiger charge is 2.34. The third-order valence-corrected chi connectivity index (χ3v) is 2.42. The van der Waals surface area contributed by atoms with Gasteiger partial charge >= 0.3 is 0 Å². The highest BCUT2D eigenvalue weighted by atomic mass is 79.9. The Morgan fingerprint density at radius 3 is 2.56 bits per heavy atom. The third kappa shape index (κ3) is 2.67. The van der Waals surface area contributed by atoms with Gasteiger partial charge in [0.05, 0.1) is 6.10 Å². The SMILES string of the molecule is CCCCCC1OC1Br. The monoisotopic (exact) mass is 192 g/mol. The fourth-order valence-electron chi connectivity index (χ4n) is 0.916. The Morgan fingerprint density at radius 2 is 2.11 bits per heavy atom. The van der Waals surface area contributed by atoms with E-state index in [1.165, 1.54) is 25.7 Å². The highest BCUT2D eigenvalue weighted by molar-refractivity contribution is 9.09. The summed E-state index contributed by atoms with van der Waals surface area (Å²) in [6.07, 6.45) is 5.75. The van der Waals surface area contributed by atoms with Crippen LogP contribution < -0.4 is 0 Å². The summed E-state index contributed by atoms with van der Waals surface area (Å²) in [5.74, 6) is 0. The van der Waals surface area contributed by atoms with E-state index in [9.17, 15) is 0 Å². The molecule has 0 saturated carbocycles. The number of epoxide rings is 1. The van der Waals surface area contributed by atoms with E-state index in [4.69, 9.17) is 4.74 Å². The molecule has 1 nitrogen and oxygen atoms in total. The van der Waals surface area contributed by atoms with Crippen molar-refractivity contribution < 1.29 is 4.74 Å². The van der Waals surface area contributed by atoms with Gasteiger partial charge in [-0.2, -0.15) is 0 Å². The molecule has 1 aliphatic rings. The molecule has 54 valence electrons. The van der Waals surface area contributed by atoms with E-state index in [1.54, 1.807) is 0 Å². The van der Waals surface area contributed by atoms with Gasteiger partial charge in [0, 0.05) is 0 Å². The molecule has 1 heterocycles. The lowest BCUT2D eigenvalue weighted by Crippen LogP contribution is -1.86. The number of halogens is 1. The molecule has 0 aromatic carbocycles. The molecule has 0 aromatic rings. The van der Waals surface area contributed by atoms with Gasteiger partial charge in [-0.25, -0.2) is 0 Å². The Balaban J connectivity index is 1.83. The molecule has 2 heteroatoms. The minimum Gasteiger partial charge on any atom is -0.357 e. The lowest BCUT2D eigenvalue weighted by Gasteiger charge is -1.91. The van der Waals surface area contributed by atoms with Crippen LogP contribution in [0.3, 0.4) is 0 Å². The van der Waals surface area contributed by atoms with Gasteiger partial charge in [-0.15, -0.1) is 0 Å². The average Bonchev–Trinajstić information content (AvgIpc) is 2.48. The molecule has 0 aromatic heterocycles. The second kappa shape index (κ2) is 3.57. The Hall–Kier alpha value is 0.440. The van der Waals surface area contributed by atoms with Crippen LogP contribution in [0.5, 0.6) is 0 Å². The molecule has 0 N–H and O–H groups in total. The van der Waals surface area contributed by atoms with Crippen LogP contribution in [0.25, 0.3) is 0 Å². The third-order valence-electron chi connectivity index (χ3n) is 1.61. The standard InChI is InChI=1S/C7H13BrO/c1-2-3-4-5-6-7(8)9-6/h6-7H,2-5H2,1H3. The number of alkyl halides is 1. The van der Waals surface area contributed by atoms with Crippen molar-refractivity contribution in [1.82, 2.24) is 0 Å². The van der Waals surface area contributed by atoms with Gasteiger partial charge in [0.15, 0.2) is 0 Å². The van der Waals surface area contributed by atoms with Crippen LogP contribution in [0.1, 0.15) is 32.6 Å². The molecule has 0 aliphatic carbocycles. The van der Waals surface area contributed by atoms with E-state index in [0.717, 1.165) is 0 Å². The number of ether oxygens (including phenoxy) is 1. The predicted octanol–water partition coefficient (Wildman–Crippen LogP) is 2.69. The molecular weight excluding hydrogens is 180 g/mol. The van der Waals surface area contributed by atoms with Crippen LogP contribution in [0.4, 0.5) is 0 Å². The van der Waals surface area contributed by atoms with Crippen molar-refractivity contribution in [2.75, 3.05) is 0 Å². The summed E-state index contributed by atoms with van der Waals surface area (Å²) < 4.78 is 5.18. The fraction of sp³-hybridized carbons (Fsp3) is 1.00. The predicted molar refractivity (Wildman–Crippen MR) is 41.7 cm³/mol. The normalized spacial score (nSPS) is 32.7. The van der Waals surface area contributed by atoms with Crippen LogP contribution >= 0.6 is 15.9 Å². The van der Waals surface area contributed by atoms with Crippen molar-refractivity contribution in [3.8, 4) is 0 Å². The zero-order valence-corrected chi connectivity index (χ0v) is 7.36. The summed E-state index contributed by atoms with van der Waals surface area (Å²) in [7, 11) is 0. The Bertz CT molecular complexity index is 85.0. The van der Waals surface area contributed by atoms with Crippen molar-refractivity contribution in [3.05, 3.63) is 0 Å². The van der Waals surface area contributed by atoms with Gasteiger partial charge in [0.1, 0.15) is 5.01 Å². The van der Waals surface area contributed by atoms with Crippen molar-refractivity contribution in [3.63, 3.8) is 0 Å². The molecular formula is C7H13BrO. The van der Waals surface area contributed by atoms with Crippen molar-refractivity contribution in [1.29, 1.82) is 0 Å². The Morgan fingerprint density at radius 1 is 1.44 bits per heavy atom. The summed E-state index contributed by atoms with van der Waals surface area (Å²) >= 11 is 3.38. The topological polar surface area (TPSA) is 12.5 Å². The van der Waals surface area contributed by atoms with Crippen LogP contribution in [-0.4, -0.2) is 11.1 Å². The molecule has 9 heavy (non-hydrogen) atoms. The second-order valence-electron chi connectivity index (χ2n) is 2.52. The first-order valence-corrected chi connectivity index (χ1v) is 4.55. The zero-order chi connectivity index (χ0) is 6.69. The van der Waals surface area contributed by atoms with Crippen LogP contribution in [-0.2, 0) is 4.74 Å². The molecule has 1 saturated heterocycles. The second-order valence-corrected chi connectivity index (χ2v) is 3.42. The first-order chi connectivity index (χ1) is 4.34. The molecule has 0 amide bonds. The summed E-state index contributed by atoms with van der Waals surface area (Å²) in [6.45, 7) is 2.22. The summed E-state index contributed by atoms with van der Waals surface area (Å²) in [5.41, 5.74) is 0. The fourth-order valence-corrected chi connectivity index (χ4v) is 1.46. The van der Waals surface area contributed by atoms with E-state index >= 15 is 0 Å². The molecule has 0 spiro atoms. The number of unbranched alkanes of at least 4 members (excludes halogenated alkanes) is 2. The van der Waals surface area contributed by atoms with Crippen LogP contribution in [0.15, 0.2) is 0 Å². The first-order valence-electron chi connectivity index (χ1n) is 3.64. The lowest BCUT2D eigenvalue weighted by atomic mass is 10.2. The lowest BCUT2D eigenvalue weighted by molar-refractivity contribution is 0.384. The highest BCUT2D eigenvalue weighted by Crippen LogP contribution is 2.31. The first kappa shape index (κ1) is 7.55. The summed E-state index contributed by atoms with van der Waals surface area (Å²) in [5, 5.41) is 0.384. The van der Waals surface area contributed by atoms with Gasteiger partial charge in [0.2, 0.25) is 0 Å². The maximum absolute atomic E-state index is 5.18. The van der Waals surface area contributed by atoms with Gasteiger partial charge in [-0.05, 0) is 6.42 Å². The van der Waals surface area contributed by atoms with E-state index in [-0.39, 0.29) is 0 Å². The van der Waals surface area contributed by atoms with Crippen molar-refractivity contribution in [2.24, 2.45) is 0 Å². The zero-order valence-electron chi connectivity index (χ0n) is 5.77. The quantitative estimate of drug-likeness (QED) is 0.380. The number of rotatable bonds is 4. The van der Waals surface area contributed by atoms with E-state index in [2.05, 4.69) is 22.9 Å². The number of hydrogen-bond acceptors (Lipinski definition) is 1. The Labute approximate surface area is 64.9 Å². The number of hydrogen-bond donors (Lipinski definition) is 0. The van der Waals surface area contributed by atoms with Gasteiger partial charge < -0.3 is 4.74 Å². The van der Waals surface area contributed by atoms with Gasteiger partial charge in [-0.1, -0.05) is 42.1 Å². The molecule has 0 bridgehead atoms. The van der Waals surface area contributed by atoms with E-state index in [0.29, 0.717) is 11.1 Å². The molecule has 2 unspecified atom stereocenters.